The fourth-order valence-electron chi connectivity index (χ4n) is 3.31. The molecule has 5 heteroatoms. The molecule has 0 aliphatic carbocycles. The second kappa shape index (κ2) is 9.55. The Morgan fingerprint density at radius 2 is 1.83 bits per heavy atom. The molecule has 4 rings (SSSR count). The number of para-hydroxylation sites is 1. The molecular weight excluding hydrogens is 392 g/mol. The summed E-state index contributed by atoms with van der Waals surface area (Å²) in [6.45, 7) is 2.13. The van der Waals surface area contributed by atoms with Crippen LogP contribution in [0.3, 0.4) is 0 Å². The fourth-order valence-corrected chi connectivity index (χ4v) is 4.25. The zero-order chi connectivity index (χ0) is 20.8. The van der Waals surface area contributed by atoms with Gasteiger partial charge in [0.05, 0.1) is 10.2 Å². The third-order valence-corrected chi connectivity index (χ3v) is 5.78. The van der Waals surface area contributed by atoms with Gasteiger partial charge in [-0.1, -0.05) is 79.3 Å². The Kier molecular flexibility index (Phi) is 6.40. The van der Waals surface area contributed by atoms with E-state index >= 15 is 0 Å². The maximum Gasteiger partial charge on any atom is 0.264 e. The first kappa shape index (κ1) is 20.1. The highest BCUT2D eigenvalue weighted by atomic mass is 32.1. The van der Waals surface area contributed by atoms with Crippen LogP contribution in [0, 0.1) is 0 Å². The Hall–Kier alpha value is -3.18. The molecule has 1 heterocycles. The van der Waals surface area contributed by atoms with Crippen molar-refractivity contribution in [2.75, 3.05) is 11.9 Å². The number of carbonyl (C=O) groups is 1. The molecular formula is C25H24N2O2S. The molecule has 0 unspecified atom stereocenters. The number of anilines is 1. The Labute approximate surface area is 180 Å². The number of nitrogens with zero attached hydrogens (tertiary/aromatic N) is 1. The monoisotopic (exact) mass is 416 g/mol. The van der Waals surface area contributed by atoms with Crippen molar-refractivity contribution in [1.82, 2.24) is 4.98 Å². The number of nitrogens with one attached hydrogen (secondary N) is 1. The molecule has 0 fully saturated rings. The van der Waals surface area contributed by atoms with Crippen LogP contribution in [0.25, 0.3) is 21.3 Å². The number of hydrogen-bond donors (Lipinski definition) is 1. The lowest BCUT2D eigenvalue weighted by atomic mass is 10.1. The van der Waals surface area contributed by atoms with Crippen LogP contribution in [0.1, 0.15) is 25.3 Å². The third kappa shape index (κ3) is 4.86. The van der Waals surface area contributed by atoms with Gasteiger partial charge in [0.15, 0.2) is 11.7 Å². The Morgan fingerprint density at radius 3 is 2.67 bits per heavy atom. The van der Waals surface area contributed by atoms with E-state index in [1.54, 1.807) is 0 Å². The molecule has 4 aromatic rings. The molecule has 1 aromatic heterocycles. The minimum absolute atomic E-state index is 0.0679. The van der Waals surface area contributed by atoms with Gasteiger partial charge in [-0.05, 0) is 42.2 Å². The smallest absolute Gasteiger partial charge is 0.264 e. The van der Waals surface area contributed by atoms with Crippen molar-refractivity contribution in [1.29, 1.82) is 0 Å². The molecule has 0 saturated heterocycles. The zero-order valence-electron chi connectivity index (χ0n) is 16.9. The second-order valence-electron chi connectivity index (χ2n) is 7.12. The van der Waals surface area contributed by atoms with Gasteiger partial charge in [-0.2, -0.15) is 0 Å². The normalized spacial score (nSPS) is 10.8. The number of fused-ring (bicyclic) bond motifs is 1. The fraction of sp³-hybridized carbons (Fsp3) is 0.200. The minimum Gasteiger partial charge on any atom is -0.483 e. The summed E-state index contributed by atoms with van der Waals surface area (Å²) in [5.74, 6) is 0.465. The number of rotatable bonds is 8. The molecule has 1 N–H and O–H groups in total. The first-order valence-corrected chi connectivity index (χ1v) is 11.0. The molecule has 30 heavy (non-hydrogen) atoms. The Balaban J connectivity index is 1.41. The predicted molar refractivity (Wildman–Crippen MR) is 124 cm³/mol. The highest BCUT2D eigenvalue weighted by Gasteiger charge is 2.11. The predicted octanol–water partition coefficient (Wildman–Crippen LogP) is 6.32. The number of amides is 1. The van der Waals surface area contributed by atoms with Gasteiger partial charge in [0, 0.05) is 5.56 Å². The SMILES string of the molecule is CCCCc1ccc2nc(NC(=O)COc3ccccc3-c3ccccc3)sc2c1. The number of carbonyl (C=O) groups excluding carboxylic acids is 1. The van der Waals surface area contributed by atoms with Crippen molar-refractivity contribution >= 4 is 32.6 Å². The molecule has 3 aromatic carbocycles. The molecule has 0 bridgehead atoms. The van der Waals surface area contributed by atoms with Crippen LogP contribution < -0.4 is 10.1 Å². The molecule has 4 nitrogen and oxygen atoms in total. The maximum absolute atomic E-state index is 12.4. The average Bonchev–Trinajstić information content (AvgIpc) is 3.18. The van der Waals surface area contributed by atoms with Crippen LogP contribution in [0.15, 0.2) is 72.8 Å². The highest BCUT2D eigenvalue weighted by molar-refractivity contribution is 7.22. The zero-order valence-corrected chi connectivity index (χ0v) is 17.7. The summed E-state index contributed by atoms with van der Waals surface area (Å²) in [4.78, 5) is 17.0. The van der Waals surface area contributed by atoms with Gasteiger partial charge in [0.2, 0.25) is 0 Å². The largest absolute Gasteiger partial charge is 0.483 e. The van der Waals surface area contributed by atoms with Gasteiger partial charge in [0.25, 0.3) is 5.91 Å². The van der Waals surface area contributed by atoms with E-state index in [1.807, 2.05) is 60.7 Å². The highest BCUT2D eigenvalue weighted by Crippen LogP contribution is 2.30. The molecule has 1 amide bonds. The van der Waals surface area contributed by atoms with Crippen molar-refractivity contribution in [2.45, 2.75) is 26.2 Å². The summed E-state index contributed by atoms with van der Waals surface area (Å²) >= 11 is 1.50. The number of unbranched alkanes of at least 4 members (excludes halogenated alkanes) is 1. The lowest BCUT2D eigenvalue weighted by molar-refractivity contribution is -0.118. The van der Waals surface area contributed by atoms with E-state index < -0.39 is 0 Å². The van der Waals surface area contributed by atoms with E-state index in [4.69, 9.17) is 4.74 Å². The molecule has 152 valence electrons. The van der Waals surface area contributed by atoms with Gasteiger partial charge in [-0.25, -0.2) is 4.98 Å². The van der Waals surface area contributed by atoms with E-state index in [9.17, 15) is 4.79 Å². The van der Waals surface area contributed by atoms with Crippen molar-refractivity contribution < 1.29 is 9.53 Å². The van der Waals surface area contributed by atoms with Gasteiger partial charge in [0.1, 0.15) is 5.75 Å². The van der Waals surface area contributed by atoms with Crippen LogP contribution in [0.4, 0.5) is 5.13 Å². The van der Waals surface area contributed by atoms with Gasteiger partial charge in [-0.3, -0.25) is 10.1 Å². The molecule has 0 atom stereocenters. The lowest BCUT2D eigenvalue weighted by Gasteiger charge is -2.11. The molecule has 0 spiro atoms. The summed E-state index contributed by atoms with van der Waals surface area (Å²) in [5.41, 5.74) is 4.24. The number of hydrogen-bond acceptors (Lipinski definition) is 4. The summed E-state index contributed by atoms with van der Waals surface area (Å²) in [6.07, 6.45) is 3.42. The van der Waals surface area contributed by atoms with E-state index in [-0.39, 0.29) is 12.5 Å². The van der Waals surface area contributed by atoms with Gasteiger partial charge in [-0.15, -0.1) is 0 Å². The Morgan fingerprint density at radius 1 is 1.03 bits per heavy atom. The van der Waals surface area contributed by atoms with E-state index in [0.29, 0.717) is 10.9 Å². The van der Waals surface area contributed by atoms with Crippen LogP contribution >= 0.6 is 11.3 Å². The van der Waals surface area contributed by atoms with E-state index in [2.05, 4.69) is 29.4 Å². The number of aryl methyl sites for hydroxylation is 1. The topological polar surface area (TPSA) is 51.2 Å². The standard InChI is InChI=1S/C25H24N2O2S/c1-2-3-9-18-14-15-21-23(16-18)30-25(26-21)27-24(28)17-29-22-13-8-7-12-20(22)19-10-5-4-6-11-19/h4-8,10-16H,2-3,9,17H2,1H3,(H,26,27,28). The molecule has 0 aliphatic heterocycles. The maximum atomic E-state index is 12.4. The van der Waals surface area contributed by atoms with Gasteiger partial charge < -0.3 is 4.74 Å². The summed E-state index contributed by atoms with van der Waals surface area (Å²) in [6, 6.07) is 24.1. The molecule has 0 aliphatic rings. The summed E-state index contributed by atoms with van der Waals surface area (Å²) in [7, 11) is 0. The molecule has 0 radical (unpaired) electrons. The van der Waals surface area contributed by atoms with Crippen molar-refractivity contribution in [3.8, 4) is 16.9 Å². The minimum atomic E-state index is -0.219. The number of thiazole rings is 1. The first-order chi connectivity index (χ1) is 14.7. The Bertz CT molecular complexity index is 1140. The van der Waals surface area contributed by atoms with Crippen molar-refractivity contribution in [3.63, 3.8) is 0 Å². The average molecular weight is 417 g/mol. The van der Waals surface area contributed by atoms with Crippen molar-refractivity contribution in [3.05, 3.63) is 78.4 Å². The van der Waals surface area contributed by atoms with Crippen LogP contribution in [0.5, 0.6) is 5.75 Å². The lowest BCUT2D eigenvalue weighted by Crippen LogP contribution is -2.20. The third-order valence-electron chi connectivity index (χ3n) is 4.85. The van der Waals surface area contributed by atoms with E-state index in [1.165, 1.54) is 29.7 Å². The van der Waals surface area contributed by atoms with Crippen LogP contribution in [-0.4, -0.2) is 17.5 Å². The van der Waals surface area contributed by atoms with Crippen molar-refractivity contribution in [2.24, 2.45) is 0 Å². The second-order valence-corrected chi connectivity index (χ2v) is 8.15. The first-order valence-electron chi connectivity index (χ1n) is 10.2. The van der Waals surface area contributed by atoms with Crippen LogP contribution in [0.2, 0.25) is 0 Å². The number of benzene rings is 3. The quantitative estimate of drug-likeness (QED) is 0.365. The summed E-state index contributed by atoms with van der Waals surface area (Å²) < 4.78 is 6.92. The van der Waals surface area contributed by atoms with E-state index in [0.717, 1.165) is 27.8 Å². The number of aromatic nitrogens is 1. The van der Waals surface area contributed by atoms with Gasteiger partial charge >= 0.3 is 0 Å². The van der Waals surface area contributed by atoms with Crippen LogP contribution in [-0.2, 0) is 11.2 Å². The number of ether oxygens (including phenoxy) is 1. The summed E-state index contributed by atoms with van der Waals surface area (Å²) in [5, 5.41) is 3.47. The molecule has 0 saturated carbocycles.